The molecule has 0 saturated carbocycles. The number of hydrogen-bond donors (Lipinski definition) is 1. The third-order valence-electron chi connectivity index (χ3n) is 3.69. The zero-order chi connectivity index (χ0) is 18.2. The second kappa shape index (κ2) is 8.87. The summed E-state index contributed by atoms with van der Waals surface area (Å²) in [5.74, 6) is -0.102. The third kappa shape index (κ3) is 5.95. The van der Waals surface area contributed by atoms with Gasteiger partial charge in [0.1, 0.15) is 5.75 Å². The van der Waals surface area contributed by atoms with Gasteiger partial charge in [0.25, 0.3) is 5.91 Å². The molecule has 0 aliphatic heterocycles. The van der Waals surface area contributed by atoms with Gasteiger partial charge in [-0.1, -0.05) is 24.6 Å². The van der Waals surface area contributed by atoms with Crippen LogP contribution in [0, 0.1) is 6.92 Å². The zero-order valence-corrected chi connectivity index (χ0v) is 14.7. The average Bonchev–Trinajstić information content (AvgIpc) is 2.62. The first-order valence-electron chi connectivity index (χ1n) is 8.28. The highest BCUT2D eigenvalue weighted by Gasteiger charge is 2.10. The molecule has 2 aromatic rings. The van der Waals surface area contributed by atoms with Gasteiger partial charge in [0.2, 0.25) is 0 Å². The molecule has 132 valence electrons. The van der Waals surface area contributed by atoms with Crippen molar-refractivity contribution in [2.45, 2.75) is 33.3 Å². The van der Waals surface area contributed by atoms with E-state index in [9.17, 15) is 9.59 Å². The van der Waals surface area contributed by atoms with Crippen LogP contribution < -0.4 is 10.1 Å². The molecule has 0 saturated heterocycles. The lowest BCUT2D eigenvalue weighted by Crippen LogP contribution is -2.20. The van der Waals surface area contributed by atoms with Crippen molar-refractivity contribution in [2.24, 2.45) is 0 Å². The Morgan fingerprint density at radius 2 is 1.68 bits per heavy atom. The maximum atomic E-state index is 12.2. The molecule has 2 rings (SSSR count). The first kappa shape index (κ1) is 18.5. The Bertz CT molecular complexity index is 707. The van der Waals surface area contributed by atoms with Crippen molar-refractivity contribution in [1.29, 1.82) is 0 Å². The first-order chi connectivity index (χ1) is 12.0. The van der Waals surface area contributed by atoms with Gasteiger partial charge in [0, 0.05) is 11.3 Å². The molecule has 5 nitrogen and oxygen atoms in total. The second-order valence-electron chi connectivity index (χ2n) is 5.84. The van der Waals surface area contributed by atoms with Crippen LogP contribution in [0.15, 0.2) is 48.5 Å². The number of carbonyl (C=O) groups excluding carboxylic acids is 2. The van der Waals surface area contributed by atoms with Crippen molar-refractivity contribution in [2.75, 3.05) is 11.9 Å². The Kier molecular flexibility index (Phi) is 6.57. The van der Waals surface area contributed by atoms with E-state index in [1.807, 2.05) is 45.0 Å². The first-order valence-corrected chi connectivity index (χ1v) is 8.28. The molecule has 1 atom stereocenters. The highest BCUT2D eigenvalue weighted by Crippen LogP contribution is 2.15. The minimum Gasteiger partial charge on any atom is -0.482 e. The Morgan fingerprint density at radius 3 is 2.28 bits per heavy atom. The lowest BCUT2D eigenvalue weighted by molar-refractivity contribution is -0.150. The summed E-state index contributed by atoms with van der Waals surface area (Å²) in [6.07, 6.45) is 0.639. The number of amides is 1. The smallest absolute Gasteiger partial charge is 0.344 e. The van der Waals surface area contributed by atoms with Gasteiger partial charge in [0.05, 0.1) is 6.10 Å². The van der Waals surface area contributed by atoms with E-state index >= 15 is 0 Å². The fraction of sp³-hybridized carbons (Fsp3) is 0.300. The van der Waals surface area contributed by atoms with Crippen LogP contribution in [-0.4, -0.2) is 24.6 Å². The van der Waals surface area contributed by atoms with Crippen molar-refractivity contribution in [3.05, 3.63) is 59.7 Å². The van der Waals surface area contributed by atoms with Gasteiger partial charge >= 0.3 is 5.97 Å². The maximum Gasteiger partial charge on any atom is 0.344 e. The normalized spacial score (nSPS) is 11.5. The van der Waals surface area contributed by atoms with Gasteiger partial charge < -0.3 is 14.8 Å². The van der Waals surface area contributed by atoms with Gasteiger partial charge in [-0.15, -0.1) is 0 Å². The van der Waals surface area contributed by atoms with Crippen LogP contribution in [0.1, 0.15) is 36.2 Å². The lowest BCUT2D eigenvalue weighted by atomic mass is 10.2. The van der Waals surface area contributed by atoms with Crippen molar-refractivity contribution < 1.29 is 19.1 Å². The number of benzene rings is 2. The van der Waals surface area contributed by atoms with Crippen LogP contribution in [-0.2, 0) is 9.53 Å². The van der Waals surface area contributed by atoms with Gasteiger partial charge in [-0.25, -0.2) is 4.79 Å². The van der Waals surface area contributed by atoms with E-state index in [-0.39, 0.29) is 18.6 Å². The fourth-order valence-corrected chi connectivity index (χ4v) is 2.03. The van der Waals surface area contributed by atoms with E-state index in [1.54, 1.807) is 24.3 Å². The summed E-state index contributed by atoms with van der Waals surface area (Å²) >= 11 is 0. The van der Waals surface area contributed by atoms with Gasteiger partial charge in [-0.3, -0.25) is 4.79 Å². The molecule has 0 bridgehead atoms. The molecule has 0 heterocycles. The van der Waals surface area contributed by atoms with Crippen LogP contribution in [0.5, 0.6) is 5.75 Å². The molecule has 1 unspecified atom stereocenters. The molecule has 1 N–H and O–H groups in total. The topological polar surface area (TPSA) is 64.6 Å². The highest BCUT2D eigenvalue weighted by atomic mass is 16.6. The average molecular weight is 341 g/mol. The number of anilines is 1. The second-order valence-corrected chi connectivity index (χ2v) is 5.84. The Hall–Kier alpha value is -2.82. The maximum absolute atomic E-state index is 12.2. The summed E-state index contributed by atoms with van der Waals surface area (Å²) in [7, 11) is 0. The number of carbonyl (C=O) groups is 2. The van der Waals surface area contributed by atoms with Crippen molar-refractivity contribution in [1.82, 2.24) is 0 Å². The monoisotopic (exact) mass is 341 g/mol. The van der Waals surface area contributed by atoms with Crippen LogP contribution in [0.3, 0.4) is 0 Å². The van der Waals surface area contributed by atoms with E-state index in [2.05, 4.69) is 5.32 Å². The van der Waals surface area contributed by atoms with Crippen molar-refractivity contribution in [3.63, 3.8) is 0 Å². The molecule has 0 radical (unpaired) electrons. The van der Waals surface area contributed by atoms with Crippen LogP contribution in [0.25, 0.3) is 0 Å². The summed E-state index contributed by atoms with van der Waals surface area (Å²) in [5.41, 5.74) is 2.38. The predicted octanol–water partition coefficient (Wildman–Crippen LogP) is 3.97. The van der Waals surface area contributed by atoms with Crippen LogP contribution >= 0.6 is 0 Å². The summed E-state index contributed by atoms with van der Waals surface area (Å²) in [6.45, 7) is 5.61. The lowest BCUT2D eigenvalue weighted by Gasteiger charge is -2.11. The number of rotatable bonds is 7. The predicted molar refractivity (Wildman–Crippen MR) is 96.9 cm³/mol. The van der Waals surface area contributed by atoms with E-state index < -0.39 is 5.97 Å². The standard InChI is InChI=1S/C20H23NO4/c1-4-15(3)25-19(22)13-24-18-11-7-16(8-12-18)20(23)21-17-9-5-14(2)6-10-17/h5-12,15H,4,13H2,1-3H3,(H,21,23). The number of aryl methyl sites for hydroxylation is 1. The molecule has 1 amide bonds. The molecule has 2 aromatic carbocycles. The Balaban J connectivity index is 1.87. The number of nitrogens with one attached hydrogen (secondary N) is 1. The minimum atomic E-state index is -0.407. The summed E-state index contributed by atoms with van der Waals surface area (Å²) in [6, 6.07) is 14.2. The highest BCUT2D eigenvalue weighted by molar-refractivity contribution is 6.04. The molecule has 0 aliphatic rings. The zero-order valence-electron chi connectivity index (χ0n) is 14.7. The summed E-state index contributed by atoms with van der Waals surface area (Å²) in [5, 5.41) is 2.83. The Morgan fingerprint density at radius 1 is 1.04 bits per heavy atom. The summed E-state index contributed by atoms with van der Waals surface area (Å²) < 4.78 is 10.5. The fourth-order valence-electron chi connectivity index (χ4n) is 2.03. The number of ether oxygens (including phenoxy) is 2. The molecule has 25 heavy (non-hydrogen) atoms. The molecule has 5 heteroatoms. The molecule has 0 aromatic heterocycles. The Labute approximate surface area is 148 Å². The van der Waals surface area contributed by atoms with Crippen LogP contribution in [0.2, 0.25) is 0 Å². The van der Waals surface area contributed by atoms with Crippen molar-refractivity contribution >= 4 is 17.6 Å². The molecule has 0 aliphatic carbocycles. The minimum absolute atomic E-state index is 0.121. The molecular weight excluding hydrogens is 318 g/mol. The molecule has 0 fully saturated rings. The van der Waals surface area contributed by atoms with E-state index in [4.69, 9.17) is 9.47 Å². The quantitative estimate of drug-likeness (QED) is 0.774. The van der Waals surface area contributed by atoms with Gasteiger partial charge in [0.15, 0.2) is 6.61 Å². The van der Waals surface area contributed by atoms with E-state index in [0.717, 1.165) is 17.7 Å². The van der Waals surface area contributed by atoms with E-state index in [0.29, 0.717) is 11.3 Å². The van der Waals surface area contributed by atoms with Crippen LogP contribution in [0.4, 0.5) is 5.69 Å². The molecule has 0 spiro atoms. The van der Waals surface area contributed by atoms with E-state index in [1.165, 1.54) is 0 Å². The molecular formula is C20H23NO4. The van der Waals surface area contributed by atoms with Gasteiger partial charge in [-0.2, -0.15) is 0 Å². The summed E-state index contributed by atoms with van der Waals surface area (Å²) in [4.78, 5) is 23.8. The number of hydrogen-bond acceptors (Lipinski definition) is 4. The third-order valence-corrected chi connectivity index (χ3v) is 3.69. The van der Waals surface area contributed by atoms with Gasteiger partial charge in [-0.05, 0) is 56.7 Å². The number of esters is 1. The largest absolute Gasteiger partial charge is 0.482 e. The van der Waals surface area contributed by atoms with Crippen molar-refractivity contribution in [3.8, 4) is 5.75 Å². The SMILES string of the molecule is CCC(C)OC(=O)COc1ccc(C(=O)Nc2ccc(C)cc2)cc1.